The van der Waals surface area contributed by atoms with Crippen molar-refractivity contribution in [2.24, 2.45) is 0 Å². The van der Waals surface area contributed by atoms with E-state index in [1.165, 1.54) is 12.1 Å². The van der Waals surface area contributed by atoms with Crippen molar-refractivity contribution >= 4 is 11.6 Å². The minimum absolute atomic E-state index is 0.297. The Bertz CT molecular complexity index is 601. The number of hydrogen-bond acceptors (Lipinski definition) is 2. The molecule has 2 rings (SSSR count). The lowest BCUT2D eigenvalue weighted by Gasteiger charge is -2.13. The van der Waals surface area contributed by atoms with E-state index in [1.54, 1.807) is 13.2 Å². The van der Waals surface area contributed by atoms with Gasteiger partial charge in [0.25, 0.3) is 0 Å². The molecule has 0 spiro atoms. The van der Waals surface area contributed by atoms with E-state index in [0.717, 1.165) is 23.4 Å². The predicted octanol–water partition coefficient (Wildman–Crippen LogP) is 4.26. The molecule has 0 saturated heterocycles. The number of methoxy groups -OCH3 is 1. The van der Waals surface area contributed by atoms with Gasteiger partial charge in [-0.15, -0.1) is 0 Å². The Morgan fingerprint density at radius 2 is 1.95 bits per heavy atom. The van der Waals surface area contributed by atoms with Gasteiger partial charge in [-0.3, -0.25) is 0 Å². The Morgan fingerprint density at radius 1 is 1.15 bits per heavy atom. The summed E-state index contributed by atoms with van der Waals surface area (Å²) >= 11 is 6.19. The highest BCUT2D eigenvalue weighted by atomic mass is 35.5. The van der Waals surface area contributed by atoms with E-state index in [0.29, 0.717) is 17.1 Å². The monoisotopic (exact) mass is 293 g/mol. The second-order valence-corrected chi connectivity index (χ2v) is 4.83. The highest BCUT2D eigenvalue weighted by molar-refractivity contribution is 6.33. The van der Waals surface area contributed by atoms with E-state index in [1.807, 2.05) is 25.1 Å². The van der Waals surface area contributed by atoms with Crippen LogP contribution in [-0.2, 0) is 6.54 Å². The van der Waals surface area contributed by atoms with Gasteiger partial charge < -0.3 is 10.1 Å². The van der Waals surface area contributed by atoms with Crippen LogP contribution < -0.4 is 10.1 Å². The lowest BCUT2D eigenvalue weighted by atomic mass is 9.99. The maximum Gasteiger partial charge on any atom is 0.123 e. The van der Waals surface area contributed by atoms with Gasteiger partial charge in [-0.25, -0.2) is 4.39 Å². The average molecular weight is 294 g/mol. The SMILES string of the molecule is CCNCc1cc(OC)ccc1-c1cc(F)ccc1Cl. The number of nitrogens with one attached hydrogen (secondary N) is 1. The summed E-state index contributed by atoms with van der Waals surface area (Å²) in [6.07, 6.45) is 0. The molecule has 0 amide bonds. The van der Waals surface area contributed by atoms with Gasteiger partial charge in [0.1, 0.15) is 11.6 Å². The van der Waals surface area contributed by atoms with Crippen molar-refractivity contribution in [1.82, 2.24) is 5.32 Å². The Morgan fingerprint density at radius 3 is 2.65 bits per heavy atom. The van der Waals surface area contributed by atoms with Gasteiger partial charge in [0.2, 0.25) is 0 Å². The topological polar surface area (TPSA) is 21.3 Å². The molecule has 0 unspecified atom stereocenters. The molecule has 0 aromatic heterocycles. The zero-order chi connectivity index (χ0) is 14.5. The van der Waals surface area contributed by atoms with Crippen LogP contribution in [0.5, 0.6) is 5.75 Å². The van der Waals surface area contributed by atoms with E-state index in [4.69, 9.17) is 16.3 Å². The molecule has 0 bridgehead atoms. The first-order valence-electron chi connectivity index (χ1n) is 6.48. The molecule has 0 fully saturated rings. The average Bonchev–Trinajstić information content (AvgIpc) is 2.47. The molecule has 0 aliphatic heterocycles. The highest BCUT2D eigenvalue weighted by Crippen LogP contribution is 2.33. The maximum atomic E-state index is 13.5. The van der Waals surface area contributed by atoms with Crippen LogP contribution in [0, 0.1) is 5.82 Å². The molecule has 20 heavy (non-hydrogen) atoms. The van der Waals surface area contributed by atoms with Gasteiger partial charge in [-0.2, -0.15) is 0 Å². The summed E-state index contributed by atoms with van der Waals surface area (Å²) in [6, 6.07) is 10.1. The van der Waals surface area contributed by atoms with Crippen LogP contribution in [0.2, 0.25) is 5.02 Å². The molecular formula is C16H17ClFNO. The van der Waals surface area contributed by atoms with Crippen LogP contribution in [0.15, 0.2) is 36.4 Å². The number of hydrogen-bond donors (Lipinski definition) is 1. The summed E-state index contributed by atoms with van der Waals surface area (Å²) in [7, 11) is 1.63. The second kappa shape index (κ2) is 6.73. The summed E-state index contributed by atoms with van der Waals surface area (Å²) in [6.45, 7) is 3.57. The fourth-order valence-corrected chi connectivity index (χ4v) is 2.29. The van der Waals surface area contributed by atoms with Gasteiger partial charge in [-0.05, 0) is 48.0 Å². The molecule has 0 aliphatic rings. The first kappa shape index (κ1) is 14.8. The minimum Gasteiger partial charge on any atom is -0.497 e. The molecule has 4 heteroatoms. The molecule has 0 radical (unpaired) electrons. The molecule has 0 heterocycles. The lowest BCUT2D eigenvalue weighted by molar-refractivity contribution is 0.414. The molecular weight excluding hydrogens is 277 g/mol. The Kier molecular flexibility index (Phi) is 4.99. The zero-order valence-electron chi connectivity index (χ0n) is 11.5. The summed E-state index contributed by atoms with van der Waals surface area (Å²) in [5.74, 6) is 0.476. The van der Waals surface area contributed by atoms with Crippen molar-refractivity contribution in [3.8, 4) is 16.9 Å². The Hall–Kier alpha value is -1.58. The Balaban J connectivity index is 2.51. The molecule has 1 N–H and O–H groups in total. The third-order valence-corrected chi connectivity index (χ3v) is 3.43. The summed E-state index contributed by atoms with van der Waals surface area (Å²) in [4.78, 5) is 0. The first-order chi connectivity index (χ1) is 9.65. The van der Waals surface area contributed by atoms with E-state index >= 15 is 0 Å². The van der Waals surface area contributed by atoms with E-state index in [9.17, 15) is 4.39 Å². The fourth-order valence-electron chi connectivity index (χ4n) is 2.07. The van der Waals surface area contributed by atoms with Crippen molar-refractivity contribution in [3.63, 3.8) is 0 Å². The molecule has 0 saturated carbocycles. The molecule has 2 aromatic carbocycles. The van der Waals surface area contributed by atoms with Gasteiger partial charge >= 0.3 is 0 Å². The highest BCUT2D eigenvalue weighted by Gasteiger charge is 2.11. The predicted molar refractivity (Wildman–Crippen MR) is 80.8 cm³/mol. The van der Waals surface area contributed by atoms with E-state index < -0.39 is 0 Å². The minimum atomic E-state index is -0.297. The molecule has 0 aliphatic carbocycles. The summed E-state index contributed by atoms with van der Waals surface area (Å²) in [5.41, 5.74) is 2.64. The van der Waals surface area contributed by atoms with Crippen molar-refractivity contribution in [1.29, 1.82) is 0 Å². The Labute approximate surface area is 123 Å². The van der Waals surface area contributed by atoms with Gasteiger partial charge in [0.15, 0.2) is 0 Å². The number of halogens is 2. The second-order valence-electron chi connectivity index (χ2n) is 4.43. The lowest BCUT2D eigenvalue weighted by Crippen LogP contribution is -2.12. The normalized spacial score (nSPS) is 10.6. The van der Waals surface area contributed by atoms with Gasteiger partial charge in [0.05, 0.1) is 7.11 Å². The summed E-state index contributed by atoms with van der Waals surface area (Å²) in [5, 5.41) is 3.80. The van der Waals surface area contributed by atoms with Crippen LogP contribution in [0.4, 0.5) is 4.39 Å². The quantitative estimate of drug-likeness (QED) is 0.889. The smallest absolute Gasteiger partial charge is 0.123 e. The maximum absolute atomic E-state index is 13.5. The van der Waals surface area contributed by atoms with E-state index in [2.05, 4.69) is 5.32 Å². The van der Waals surface area contributed by atoms with Crippen molar-refractivity contribution in [3.05, 3.63) is 52.8 Å². The van der Waals surface area contributed by atoms with E-state index in [-0.39, 0.29) is 5.82 Å². The third-order valence-electron chi connectivity index (χ3n) is 3.10. The van der Waals surface area contributed by atoms with Crippen LogP contribution in [0.3, 0.4) is 0 Å². The van der Waals surface area contributed by atoms with Crippen molar-refractivity contribution in [2.45, 2.75) is 13.5 Å². The summed E-state index contributed by atoms with van der Waals surface area (Å²) < 4.78 is 18.7. The van der Waals surface area contributed by atoms with Gasteiger partial charge in [0, 0.05) is 17.1 Å². The first-order valence-corrected chi connectivity index (χ1v) is 6.86. The van der Waals surface area contributed by atoms with Crippen LogP contribution in [0.1, 0.15) is 12.5 Å². The van der Waals surface area contributed by atoms with Crippen LogP contribution in [-0.4, -0.2) is 13.7 Å². The molecule has 0 atom stereocenters. The number of ether oxygens (including phenoxy) is 1. The molecule has 2 aromatic rings. The number of rotatable bonds is 5. The largest absolute Gasteiger partial charge is 0.497 e. The molecule has 2 nitrogen and oxygen atoms in total. The zero-order valence-corrected chi connectivity index (χ0v) is 12.3. The standard InChI is InChI=1S/C16H17ClFNO/c1-3-19-10-11-8-13(20-2)5-6-14(11)15-9-12(18)4-7-16(15)17/h4-9,19H,3,10H2,1-2H3. The van der Waals surface area contributed by atoms with Crippen LogP contribution in [0.25, 0.3) is 11.1 Å². The van der Waals surface area contributed by atoms with Gasteiger partial charge in [-0.1, -0.05) is 24.6 Å². The van der Waals surface area contributed by atoms with Crippen LogP contribution >= 0.6 is 11.6 Å². The molecule has 106 valence electrons. The van der Waals surface area contributed by atoms with Crippen molar-refractivity contribution in [2.75, 3.05) is 13.7 Å². The third kappa shape index (κ3) is 3.30. The number of benzene rings is 2. The fraction of sp³-hybridized carbons (Fsp3) is 0.250. The van der Waals surface area contributed by atoms with Crippen molar-refractivity contribution < 1.29 is 9.13 Å².